The topological polar surface area (TPSA) is 105 Å². The lowest BCUT2D eigenvalue weighted by atomic mass is 10.1. The molecule has 1 rings (SSSR count). The average molecular weight is 443 g/mol. The summed E-state index contributed by atoms with van der Waals surface area (Å²) in [6.45, 7) is 2.53. The van der Waals surface area contributed by atoms with Gasteiger partial charge < -0.3 is 20.5 Å². The standard InChI is InChI=1S/C19H27BrN2O5/c1-2-8-15(20)17(23)22-16(18(24)25)11-6-7-12-21-19(26)27-13-14-9-4-3-5-10-14/h3-5,9-10,15-16H,2,6-8,11-13H2,1H3,(H,21,26)(H,22,23)(H,24,25). The van der Waals surface area contributed by atoms with E-state index in [0.717, 1.165) is 12.0 Å². The minimum atomic E-state index is -1.06. The molecular weight excluding hydrogens is 416 g/mol. The van der Waals surface area contributed by atoms with E-state index >= 15 is 0 Å². The molecule has 150 valence electrons. The highest BCUT2D eigenvalue weighted by Crippen LogP contribution is 2.09. The smallest absolute Gasteiger partial charge is 0.407 e. The summed E-state index contributed by atoms with van der Waals surface area (Å²) in [5, 5.41) is 14.4. The molecule has 0 heterocycles. The summed E-state index contributed by atoms with van der Waals surface area (Å²) >= 11 is 3.26. The molecule has 0 aliphatic carbocycles. The number of ether oxygens (including phenoxy) is 1. The number of hydrogen-bond donors (Lipinski definition) is 3. The summed E-state index contributed by atoms with van der Waals surface area (Å²) in [7, 11) is 0. The Balaban J connectivity index is 2.21. The molecule has 1 aromatic rings. The van der Waals surface area contributed by atoms with E-state index in [0.29, 0.717) is 32.2 Å². The predicted molar refractivity (Wildman–Crippen MR) is 106 cm³/mol. The predicted octanol–water partition coefficient (Wildman–Crippen LogP) is 3.22. The van der Waals surface area contributed by atoms with Crippen molar-refractivity contribution >= 4 is 33.9 Å². The van der Waals surface area contributed by atoms with Gasteiger partial charge in [0.25, 0.3) is 0 Å². The van der Waals surface area contributed by atoms with Crippen molar-refractivity contribution in [3.8, 4) is 0 Å². The molecule has 2 unspecified atom stereocenters. The Morgan fingerprint density at radius 3 is 2.48 bits per heavy atom. The molecule has 0 aliphatic rings. The van der Waals surface area contributed by atoms with Crippen molar-refractivity contribution in [2.45, 2.75) is 56.5 Å². The Morgan fingerprint density at radius 2 is 1.85 bits per heavy atom. The van der Waals surface area contributed by atoms with Gasteiger partial charge in [-0.2, -0.15) is 0 Å². The van der Waals surface area contributed by atoms with Crippen LogP contribution in [-0.2, 0) is 20.9 Å². The minimum absolute atomic E-state index is 0.200. The van der Waals surface area contributed by atoms with E-state index in [1.165, 1.54) is 0 Å². The van der Waals surface area contributed by atoms with E-state index in [1.807, 2.05) is 37.3 Å². The van der Waals surface area contributed by atoms with Crippen LogP contribution in [0.4, 0.5) is 4.79 Å². The lowest BCUT2D eigenvalue weighted by Gasteiger charge is -2.17. The molecular formula is C19H27BrN2O5. The number of hydrogen-bond acceptors (Lipinski definition) is 4. The van der Waals surface area contributed by atoms with Crippen molar-refractivity contribution in [2.24, 2.45) is 0 Å². The van der Waals surface area contributed by atoms with Crippen LogP contribution in [0.3, 0.4) is 0 Å². The van der Waals surface area contributed by atoms with Crippen molar-refractivity contribution in [1.82, 2.24) is 10.6 Å². The molecule has 27 heavy (non-hydrogen) atoms. The zero-order valence-electron chi connectivity index (χ0n) is 15.4. The number of halogens is 1. The first kappa shape index (κ1) is 23.0. The van der Waals surface area contributed by atoms with Crippen molar-refractivity contribution in [3.63, 3.8) is 0 Å². The summed E-state index contributed by atoms with van der Waals surface area (Å²) in [6, 6.07) is 8.43. The van der Waals surface area contributed by atoms with Crippen LogP contribution < -0.4 is 10.6 Å². The Bertz CT molecular complexity index is 597. The van der Waals surface area contributed by atoms with Crippen LogP contribution in [0.1, 0.15) is 44.6 Å². The van der Waals surface area contributed by atoms with E-state index in [1.54, 1.807) is 0 Å². The summed E-state index contributed by atoms with van der Waals surface area (Å²) < 4.78 is 5.09. The Hall–Kier alpha value is -2.09. The molecule has 0 fully saturated rings. The number of amides is 2. The van der Waals surface area contributed by atoms with Gasteiger partial charge in [-0.1, -0.05) is 59.6 Å². The van der Waals surface area contributed by atoms with Gasteiger partial charge in [0.1, 0.15) is 12.6 Å². The zero-order valence-corrected chi connectivity index (χ0v) is 17.0. The average Bonchev–Trinajstić information content (AvgIpc) is 2.65. The molecule has 0 spiro atoms. The van der Waals surface area contributed by atoms with Gasteiger partial charge in [-0.3, -0.25) is 4.79 Å². The van der Waals surface area contributed by atoms with E-state index in [-0.39, 0.29) is 17.3 Å². The quantitative estimate of drug-likeness (QED) is 0.340. The highest BCUT2D eigenvalue weighted by molar-refractivity contribution is 9.10. The first-order chi connectivity index (χ1) is 12.9. The molecule has 0 radical (unpaired) electrons. The molecule has 0 bridgehead atoms. The summed E-state index contributed by atoms with van der Waals surface area (Å²) in [5.41, 5.74) is 0.904. The van der Waals surface area contributed by atoms with Crippen LogP contribution in [0.5, 0.6) is 0 Å². The third kappa shape index (κ3) is 9.98. The van der Waals surface area contributed by atoms with E-state index in [9.17, 15) is 19.5 Å². The van der Waals surface area contributed by atoms with Crippen LogP contribution >= 0.6 is 15.9 Å². The molecule has 0 saturated carbocycles. The molecule has 3 N–H and O–H groups in total. The summed E-state index contributed by atoms with van der Waals surface area (Å²) in [4.78, 5) is 34.4. The third-order valence-corrected chi connectivity index (χ3v) is 4.72. The van der Waals surface area contributed by atoms with Crippen molar-refractivity contribution in [2.75, 3.05) is 6.54 Å². The number of nitrogens with one attached hydrogen (secondary N) is 2. The fourth-order valence-corrected chi connectivity index (χ4v) is 2.93. The molecule has 1 aromatic carbocycles. The van der Waals surface area contributed by atoms with Crippen LogP contribution in [0.15, 0.2) is 30.3 Å². The van der Waals surface area contributed by atoms with Gasteiger partial charge in [-0.25, -0.2) is 9.59 Å². The number of alkyl halides is 1. The van der Waals surface area contributed by atoms with Gasteiger partial charge >= 0.3 is 12.1 Å². The van der Waals surface area contributed by atoms with Crippen molar-refractivity contribution in [1.29, 1.82) is 0 Å². The van der Waals surface area contributed by atoms with Crippen molar-refractivity contribution < 1.29 is 24.2 Å². The summed E-state index contributed by atoms with van der Waals surface area (Å²) in [5.74, 6) is -1.37. The lowest BCUT2D eigenvalue weighted by Crippen LogP contribution is -2.44. The number of benzene rings is 1. The minimum Gasteiger partial charge on any atom is -0.480 e. The molecule has 0 aliphatic heterocycles. The third-order valence-electron chi connectivity index (χ3n) is 3.84. The van der Waals surface area contributed by atoms with Gasteiger partial charge in [0, 0.05) is 6.54 Å². The van der Waals surface area contributed by atoms with Gasteiger partial charge in [-0.05, 0) is 31.2 Å². The highest BCUT2D eigenvalue weighted by atomic mass is 79.9. The van der Waals surface area contributed by atoms with E-state index in [4.69, 9.17) is 4.74 Å². The first-order valence-electron chi connectivity index (χ1n) is 9.05. The highest BCUT2D eigenvalue weighted by Gasteiger charge is 2.22. The van der Waals surface area contributed by atoms with Crippen LogP contribution in [0, 0.1) is 0 Å². The number of unbranched alkanes of at least 4 members (excludes halogenated alkanes) is 1. The summed E-state index contributed by atoms with van der Waals surface area (Å²) in [6.07, 6.45) is 2.40. The molecule has 8 heteroatoms. The molecule has 0 saturated heterocycles. The van der Waals surface area contributed by atoms with E-state index < -0.39 is 18.1 Å². The van der Waals surface area contributed by atoms with Gasteiger partial charge in [0.05, 0.1) is 4.83 Å². The fourth-order valence-electron chi connectivity index (χ4n) is 2.34. The number of alkyl carbamates (subject to hydrolysis) is 1. The lowest BCUT2D eigenvalue weighted by molar-refractivity contribution is -0.142. The Morgan fingerprint density at radius 1 is 1.15 bits per heavy atom. The maximum Gasteiger partial charge on any atom is 0.407 e. The Kier molecular flexibility index (Phi) is 11.2. The zero-order chi connectivity index (χ0) is 20.1. The van der Waals surface area contributed by atoms with Gasteiger partial charge in [-0.15, -0.1) is 0 Å². The monoisotopic (exact) mass is 442 g/mol. The second-order valence-electron chi connectivity index (χ2n) is 6.14. The maximum absolute atomic E-state index is 11.9. The SMILES string of the molecule is CCCC(Br)C(=O)NC(CCCCNC(=O)OCc1ccccc1)C(=O)O. The van der Waals surface area contributed by atoms with Crippen LogP contribution in [0.2, 0.25) is 0 Å². The van der Waals surface area contributed by atoms with E-state index in [2.05, 4.69) is 26.6 Å². The maximum atomic E-state index is 11.9. The molecule has 2 amide bonds. The second-order valence-corrected chi connectivity index (χ2v) is 7.25. The van der Waals surface area contributed by atoms with Crippen LogP contribution in [-0.4, -0.2) is 40.5 Å². The van der Waals surface area contributed by atoms with Crippen LogP contribution in [0.25, 0.3) is 0 Å². The second kappa shape index (κ2) is 13.1. The largest absolute Gasteiger partial charge is 0.480 e. The number of carbonyl (C=O) groups is 3. The number of aliphatic carboxylic acids is 1. The van der Waals surface area contributed by atoms with Gasteiger partial charge in [0.15, 0.2) is 0 Å². The molecule has 0 aromatic heterocycles. The number of carboxylic acids is 1. The molecule has 2 atom stereocenters. The first-order valence-corrected chi connectivity index (χ1v) is 9.97. The van der Waals surface area contributed by atoms with Gasteiger partial charge in [0.2, 0.25) is 5.91 Å². The Labute approximate surface area is 168 Å². The number of carbonyl (C=O) groups excluding carboxylic acids is 2. The number of carboxylic acid groups (broad SMARTS) is 1. The normalized spacial score (nSPS) is 12.7. The van der Waals surface area contributed by atoms with Crippen molar-refractivity contribution in [3.05, 3.63) is 35.9 Å². The fraction of sp³-hybridized carbons (Fsp3) is 0.526. The molecule has 7 nitrogen and oxygen atoms in total. The number of rotatable bonds is 12.